The number of ether oxygens (including phenoxy) is 3. The predicted octanol–water partition coefficient (Wildman–Crippen LogP) is 3.17. The second kappa shape index (κ2) is 6.83. The van der Waals surface area contributed by atoms with Crippen LogP contribution in [0.1, 0.15) is 35.6 Å². The molecule has 0 fully saturated rings. The lowest BCUT2D eigenvalue weighted by Gasteiger charge is -2.21. The molecule has 6 nitrogen and oxygen atoms in total. The van der Waals surface area contributed by atoms with Gasteiger partial charge in [0.15, 0.2) is 5.69 Å². The number of carbonyl (C=O) groups is 1. The second-order valence-electron chi connectivity index (χ2n) is 5.55. The minimum absolute atomic E-state index is 0.0530. The smallest absolute Gasteiger partial charge is 0.359 e. The van der Waals surface area contributed by atoms with Crippen LogP contribution in [0.25, 0.3) is 5.69 Å². The van der Waals surface area contributed by atoms with Crippen molar-refractivity contribution < 1.29 is 19.0 Å². The zero-order valence-electron chi connectivity index (χ0n) is 13.8. The van der Waals surface area contributed by atoms with Crippen LogP contribution in [-0.4, -0.2) is 35.6 Å². The first-order valence-electron chi connectivity index (χ1n) is 7.78. The Morgan fingerprint density at radius 3 is 3.00 bits per heavy atom. The van der Waals surface area contributed by atoms with Crippen LogP contribution in [0, 0.1) is 0 Å². The SMILES string of the molecule is CCOC(=O)c1nn(-c2ccc(Cl)c(OC)c2)c2c1COC(C)C2. The number of hydrogen-bond donors (Lipinski definition) is 0. The molecule has 0 bridgehead atoms. The maximum atomic E-state index is 12.2. The molecule has 0 saturated heterocycles. The van der Waals surface area contributed by atoms with Crippen molar-refractivity contribution in [2.24, 2.45) is 0 Å². The zero-order chi connectivity index (χ0) is 17.3. The number of rotatable bonds is 4. The number of aromatic nitrogens is 2. The molecule has 24 heavy (non-hydrogen) atoms. The third-order valence-electron chi connectivity index (χ3n) is 3.93. The first-order chi connectivity index (χ1) is 11.5. The van der Waals surface area contributed by atoms with Crippen molar-refractivity contribution in [1.82, 2.24) is 9.78 Å². The van der Waals surface area contributed by atoms with Gasteiger partial charge >= 0.3 is 5.97 Å². The highest BCUT2D eigenvalue weighted by Gasteiger charge is 2.29. The molecule has 2 aromatic rings. The highest BCUT2D eigenvalue weighted by atomic mass is 35.5. The van der Waals surface area contributed by atoms with Gasteiger partial charge in [0.1, 0.15) is 5.75 Å². The van der Waals surface area contributed by atoms with Gasteiger partial charge in [0.05, 0.1) is 42.8 Å². The maximum Gasteiger partial charge on any atom is 0.359 e. The van der Waals surface area contributed by atoms with E-state index in [1.165, 1.54) is 0 Å². The van der Waals surface area contributed by atoms with Gasteiger partial charge in [0.25, 0.3) is 0 Å². The van der Waals surface area contributed by atoms with Crippen LogP contribution in [0.3, 0.4) is 0 Å². The average Bonchev–Trinajstić information content (AvgIpc) is 2.94. The van der Waals surface area contributed by atoms with Crippen LogP contribution in [0.2, 0.25) is 5.02 Å². The quantitative estimate of drug-likeness (QED) is 0.792. The molecule has 128 valence electrons. The number of benzene rings is 1. The number of carbonyl (C=O) groups excluding carboxylic acids is 1. The highest BCUT2D eigenvalue weighted by Crippen LogP contribution is 2.31. The summed E-state index contributed by atoms with van der Waals surface area (Å²) in [6, 6.07) is 5.38. The molecule has 1 aliphatic rings. The Labute approximate surface area is 145 Å². The first kappa shape index (κ1) is 16.8. The number of hydrogen-bond acceptors (Lipinski definition) is 5. The molecule has 1 atom stereocenters. The molecule has 1 unspecified atom stereocenters. The van der Waals surface area contributed by atoms with Crippen LogP contribution in [0.15, 0.2) is 18.2 Å². The van der Waals surface area contributed by atoms with Gasteiger partial charge < -0.3 is 14.2 Å². The molecule has 0 radical (unpaired) electrons. The van der Waals surface area contributed by atoms with Crippen LogP contribution < -0.4 is 4.74 Å². The van der Waals surface area contributed by atoms with E-state index in [1.807, 2.05) is 13.0 Å². The molecule has 0 aliphatic carbocycles. The fourth-order valence-electron chi connectivity index (χ4n) is 2.76. The molecule has 1 aliphatic heterocycles. The maximum absolute atomic E-state index is 12.2. The topological polar surface area (TPSA) is 62.6 Å². The van der Waals surface area contributed by atoms with E-state index in [4.69, 9.17) is 25.8 Å². The Kier molecular flexibility index (Phi) is 4.78. The van der Waals surface area contributed by atoms with Crippen molar-refractivity contribution in [2.45, 2.75) is 33.0 Å². The molecular formula is C17H19ClN2O4. The molecule has 7 heteroatoms. The Balaban J connectivity index is 2.12. The summed E-state index contributed by atoms with van der Waals surface area (Å²) < 4.78 is 17.8. The Morgan fingerprint density at radius 2 is 2.29 bits per heavy atom. The lowest BCUT2D eigenvalue weighted by Crippen LogP contribution is -2.21. The minimum Gasteiger partial charge on any atom is -0.495 e. The van der Waals surface area contributed by atoms with Crippen LogP contribution in [0.4, 0.5) is 0 Å². The van der Waals surface area contributed by atoms with Crippen LogP contribution in [-0.2, 0) is 22.5 Å². The molecule has 1 aromatic carbocycles. The summed E-state index contributed by atoms with van der Waals surface area (Å²) in [5.74, 6) is 0.114. The highest BCUT2D eigenvalue weighted by molar-refractivity contribution is 6.32. The monoisotopic (exact) mass is 350 g/mol. The second-order valence-corrected chi connectivity index (χ2v) is 5.96. The third-order valence-corrected chi connectivity index (χ3v) is 4.24. The van der Waals surface area contributed by atoms with E-state index in [2.05, 4.69) is 5.10 Å². The summed E-state index contributed by atoms with van der Waals surface area (Å²) in [6.45, 7) is 4.40. The van der Waals surface area contributed by atoms with Crippen LogP contribution in [0.5, 0.6) is 5.75 Å². The summed E-state index contributed by atoms with van der Waals surface area (Å²) in [5, 5.41) is 5.00. The van der Waals surface area contributed by atoms with E-state index in [0.29, 0.717) is 36.1 Å². The van der Waals surface area contributed by atoms with Gasteiger partial charge in [-0.05, 0) is 26.0 Å². The van der Waals surface area contributed by atoms with E-state index in [0.717, 1.165) is 16.9 Å². The lowest BCUT2D eigenvalue weighted by molar-refractivity contribution is 0.0366. The van der Waals surface area contributed by atoms with Gasteiger partial charge in [-0.2, -0.15) is 5.10 Å². The summed E-state index contributed by atoms with van der Waals surface area (Å²) in [7, 11) is 1.56. The third kappa shape index (κ3) is 2.99. The standard InChI is InChI=1S/C17H19ClN2O4/c1-4-23-17(21)16-12-9-24-10(2)7-14(12)20(19-16)11-5-6-13(18)15(8-11)22-3/h5-6,8,10H,4,7,9H2,1-3H3. The number of nitrogens with zero attached hydrogens (tertiary/aromatic N) is 2. The van der Waals surface area contributed by atoms with E-state index >= 15 is 0 Å². The molecule has 0 spiro atoms. The number of fused-ring (bicyclic) bond motifs is 1. The van der Waals surface area contributed by atoms with Gasteiger partial charge in [-0.3, -0.25) is 0 Å². The van der Waals surface area contributed by atoms with E-state index in [9.17, 15) is 4.79 Å². The van der Waals surface area contributed by atoms with Gasteiger partial charge in [0.2, 0.25) is 0 Å². The summed E-state index contributed by atoms with van der Waals surface area (Å²) in [4.78, 5) is 12.2. The first-order valence-corrected chi connectivity index (χ1v) is 8.16. The fraction of sp³-hybridized carbons (Fsp3) is 0.412. The minimum atomic E-state index is -0.438. The molecule has 1 aromatic heterocycles. The molecule has 3 rings (SSSR count). The Bertz CT molecular complexity index is 772. The van der Waals surface area contributed by atoms with Crippen LogP contribution >= 0.6 is 11.6 Å². The van der Waals surface area contributed by atoms with E-state index in [-0.39, 0.29) is 6.10 Å². The molecule has 0 saturated carbocycles. The van der Waals surface area contributed by atoms with Gasteiger partial charge in [-0.1, -0.05) is 11.6 Å². The van der Waals surface area contributed by atoms with Crippen molar-refractivity contribution >= 4 is 17.6 Å². The fourth-order valence-corrected chi connectivity index (χ4v) is 2.96. The Hall–Kier alpha value is -2.05. The predicted molar refractivity (Wildman–Crippen MR) is 89.0 cm³/mol. The lowest BCUT2D eigenvalue weighted by atomic mass is 10.1. The normalized spacial score (nSPS) is 16.6. The van der Waals surface area contributed by atoms with Gasteiger partial charge in [-0.15, -0.1) is 0 Å². The number of methoxy groups -OCH3 is 1. The van der Waals surface area contributed by atoms with Crippen molar-refractivity contribution in [1.29, 1.82) is 0 Å². The van der Waals surface area contributed by atoms with Crippen molar-refractivity contribution in [3.05, 3.63) is 40.2 Å². The number of halogens is 1. The molecule has 2 heterocycles. The molecule has 0 amide bonds. The Morgan fingerprint density at radius 1 is 1.50 bits per heavy atom. The summed E-state index contributed by atoms with van der Waals surface area (Å²) in [5.41, 5.74) is 2.80. The van der Waals surface area contributed by atoms with Gasteiger partial charge in [-0.25, -0.2) is 9.48 Å². The molecule has 0 N–H and O–H groups in total. The van der Waals surface area contributed by atoms with Crippen molar-refractivity contribution in [3.8, 4) is 11.4 Å². The van der Waals surface area contributed by atoms with Crippen molar-refractivity contribution in [3.63, 3.8) is 0 Å². The van der Waals surface area contributed by atoms with E-state index < -0.39 is 5.97 Å². The van der Waals surface area contributed by atoms with Crippen molar-refractivity contribution in [2.75, 3.05) is 13.7 Å². The number of esters is 1. The molecular weight excluding hydrogens is 332 g/mol. The summed E-state index contributed by atoms with van der Waals surface area (Å²) in [6.07, 6.45) is 0.712. The van der Waals surface area contributed by atoms with E-state index in [1.54, 1.807) is 30.8 Å². The zero-order valence-corrected chi connectivity index (χ0v) is 14.6. The average molecular weight is 351 g/mol. The van der Waals surface area contributed by atoms with Gasteiger partial charge in [0, 0.05) is 18.1 Å². The summed E-state index contributed by atoms with van der Waals surface area (Å²) >= 11 is 6.10. The largest absolute Gasteiger partial charge is 0.495 e.